The van der Waals surface area contributed by atoms with Crippen molar-refractivity contribution in [3.8, 4) is 0 Å². The van der Waals surface area contributed by atoms with Crippen molar-refractivity contribution in [2.24, 2.45) is 0 Å². The van der Waals surface area contributed by atoms with E-state index in [-0.39, 0.29) is 6.61 Å². The molecular weight excluding hydrogens is 500 g/mol. The van der Waals surface area contributed by atoms with Crippen molar-refractivity contribution in [1.29, 1.82) is 0 Å². The number of methoxy groups -OCH3 is 1. The summed E-state index contributed by atoms with van der Waals surface area (Å²) in [5.41, 5.74) is 0.404. The Kier molecular flexibility index (Phi) is 8.40. The monoisotopic (exact) mass is 548 g/mol. The Bertz CT molecular complexity index is 939. The van der Waals surface area contributed by atoms with E-state index in [1.165, 1.54) is 4.90 Å². The minimum atomic E-state index is -3.69. The van der Waals surface area contributed by atoms with Crippen molar-refractivity contribution in [2.75, 3.05) is 33.9 Å². The molecule has 1 aliphatic carbocycles. The van der Waals surface area contributed by atoms with E-state index in [1.807, 2.05) is 20.9 Å². The minimum absolute atomic E-state index is 0.127. The molecule has 2 unspecified atom stereocenters. The van der Waals surface area contributed by atoms with Crippen LogP contribution in [-0.4, -0.2) is 102 Å². The number of ether oxygens (including phenoxy) is 3. The number of carbonyl (C=O) groups excluding carboxylic acids is 1. The van der Waals surface area contributed by atoms with Gasteiger partial charge in [0, 0.05) is 20.7 Å². The zero-order valence-electron chi connectivity index (χ0n) is 24.0. The summed E-state index contributed by atoms with van der Waals surface area (Å²) in [7, 11) is -0.303. The van der Waals surface area contributed by atoms with Gasteiger partial charge in [-0.05, 0) is 80.2 Å². The highest BCUT2D eigenvalue weighted by atomic mass is 32.2. The molecular formula is C25H48N4O7S. The van der Waals surface area contributed by atoms with Crippen LogP contribution >= 0.6 is 0 Å². The van der Waals surface area contributed by atoms with Gasteiger partial charge in [-0.3, -0.25) is 4.90 Å². The van der Waals surface area contributed by atoms with Gasteiger partial charge in [-0.25, -0.2) is 23.6 Å². The van der Waals surface area contributed by atoms with E-state index in [4.69, 9.17) is 14.2 Å². The lowest BCUT2D eigenvalue weighted by molar-refractivity contribution is -0.313. The molecule has 0 aromatic carbocycles. The van der Waals surface area contributed by atoms with Crippen molar-refractivity contribution in [2.45, 2.75) is 119 Å². The molecule has 3 N–H and O–H groups in total. The number of hydrazine groups is 1. The molecule has 3 rings (SSSR count). The standard InChI is InChI=1S/C25H48N4O7S/c1-10-23(7)29(20(31)36-21(2,3)4)18(16-35-23)22(5,6)37(32,33)24(13-14-24)17-26-15-11-12-25(34-9)19(30)27-28(25)8/h18-19,26-27,30H,10-17H2,1-9H3/t18-,19+,23?,25?/m1/s1. The van der Waals surface area contributed by atoms with Crippen molar-refractivity contribution in [3.63, 3.8) is 0 Å². The third-order valence-electron chi connectivity index (χ3n) is 8.49. The molecule has 2 saturated heterocycles. The quantitative estimate of drug-likeness (QED) is 0.330. The number of aliphatic hydroxyl groups is 1. The number of hydrogen-bond donors (Lipinski definition) is 3. The zero-order chi connectivity index (χ0) is 28.1. The first-order chi connectivity index (χ1) is 16.9. The summed E-state index contributed by atoms with van der Waals surface area (Å²) in [6, 6.07) is -0.681. The van der Waals surface area contributed by atoms with Gasteiger partial charge in [-0.2, -0.15) is 0 Å². The van der Waals surface area contributed by atoms with Gasteiger partial charge >= 0.3 is 6.09 Å². The van der Waals surface area contributed by atoms with Gasteiger partial charge in [-0.1, -0.05) is 6.92 Å². The largest absolute Gasteiger partial charge is 0.444 e. The van der Waals surface area contributed by atoms with Gasteiger partial charge in [-0.15, -0.1) is 0 Å². The lowest BCUT2D eigenvalue weighted by atomic mass is 10.0. The second-order valence-electron chi connectivity index (χ2n) is 12.4. The molecule has 11 nitrogen and oxygen atoms in total. The van der Waals surface area contributed by atoms with Crippen molar-refractivity contribution in [3.05, 3.63) is 0 Å². The van der Waals surface area contributed by atoms with Gasteiger partial charge in [0.25, 0.3) is 0 Å². The lowest BCUT2D eigenvalue weighted by Crippen LogP contribution is -2.77. The van der Waals surface area contributed by atoms with Crippen LogP contribution in [0.2, 0.25) is 0 Å². The summed E-state index contributed by atoms with van der Waals surface area (Å²) in [6.45, 7) is 13.6. The Hall–Kier alpha value is -1.02. The number of sulfone groups is 1. The number of rotatable bonds is 11. The summed E-state index contributed by atoms with van der Waals surface area (Å²) >= 11 is 0. The summed E-state index contributed by atoms with van der Waals surface area (Å²) < 4.78 is 43.4. The molecule has 216 valence electrons. The fourth-order valence-electron chi connectivity index (χ4n) is 5.51. The number of amides is 1. The fraction of sp³-hybridized carbons (Fsp3) is 0.960. The van der Waals surface area contributed by atoms with Crippen LogP contribution in [0.5, 0.6) is 0 Å². The van der Waals surface area contributed by atoms with Crippen LogP contribution in [0, 0.1) is 0 Å². The molecule has 1 amide bonds. The molecule has 0 aromatic heterocycles. The molecule has 2 heterocycles. The van der Waals surface area contributed by atoms with Crippen LogP contribution < -0.4 is 10.7 Å². The Balaban J connectivity index is 1.69. The predicted molar refractivity (Wildman–Crippen MR) is 140 cm³/mol. The Morgan fingerprint density at radius 2 is 1.86 bits per heavy atom. The maximum Gasteiger partial charge on any atom is 0.412 e. The SMILES string of the molecule is CCC1(C)OC[C@H](C(C)(C)S(=O)(=O)C2(CNCCCC3(OC)[C@H](O)NN3C)CC2)N1C(=O)OC(C)(C)C. The van der Waals surface area contributed by atoms with E-state index >= 15 is 0 Å². The molecule has 4 atom stereocenters. The molecule has 1 saturated carbocycles. The van der Waals surface area contributed by atoms with E-state index in [0.29, 0.717) is 45.2 Å². The zero-order valence-corrected chi connectivity index (χ0v) is 24.8. The molecule has 0 aromatic rings. The highest BCUT2D eigenvalue weighted by Gasteiger charge is 2.65. The number of likely N-dealkylation sites (N-methyl/N-ethyl adjacent to an activating group) is 1. The normalized spacial score (nSPS) is 32.3. The molecule has 3 aliphatic rings. The van der Waals surface area contributed by atoms with E-state index in [2.05, 4.69) is 10.7 Å². The Morgan fingerprint density at radius 1 is 1.24 bits per heavy atom. The molecule has 0 bridgehead atoms. The number of nitrogens with one attached hydrogen (secondary N) is 2. The maximum absolute atomic E-state index is 14.1. The first-order valence-electron chi connectivity index (χ1n) is 13.3. The number of hydrogen-bond acceptors (Lipinski definition) is 10. The van der Waals surface area contributed by atoms with Gasteiger partial charge in [0.1, 0.15) is 11.3 Å². The first kappa shape index (κ1) is 30.5. The van der Waals surface area contributed by atoms with Crippen molar-refractivity contribution in [1.82, 2.24) is 20.7 Å². The topological polar surface area (TPSA) is 130 Å². The summed E-state index contributed by atoms with van der Waals surface area (Å²) in [6.07, 6.45) is 1.62. The van der Waals surface area contributed by atoms with Gasteiger partial charge in [0.05, 0.1) is 22.1 Å². The van der Waals surface area contributed by atoms with Crippen LogP contribution in [0.3, 0.4) is 0 Å². The highest BCUT2D eigenvalue weighted by Crippen LogP contribution is 2.51. The minimum Gasteiger partial charge on any atom is -0.444 e. The van der Waals surface area contributed by atoms with Crippen LogP contribution in [0.25, 0.3) is 0 Å². The third-order valence-corrected chi connectivity index (χ3v) is 11.8. The van der Waals surface area contributed by atoms with Crippen LogP contribution in [0.4, 0.5) is 4.79 Å². The molecule has 3 fully saturated rings. The smallest absolute Gasteiger partial charge is 0.412 e. The van der Waals surface area contributed by atoms with Crippen molar-refractivity contribution >= 4 is 15.9 Å². The Labute approximate surface area is 222 Å². The van der Waals surface area contributed by atoms with E-state index in [9.17, 15) is 18.3 Å². The molecule has 0 radical (unpaired) electrons. The summed E-state index contributed by atoms with van der Waals surface area (Å²) in [5, 5.41) is 15.2. The molecule has 2 aliphatic heterocycles. The average molecular weight is 549 g/mol. The summed E-state index contributed by atoms with van der Waals surface area (Å²) in [5.74, 6) is 0. The van der Waals surface area contributed by atoms with Crippen LogP contribution in [0.15, 0.2) is 0 Å². The van der Waals surface area contributed by atoms with Gasteiger partial charge in [0.15, 0.2) is 21.8 Å². The summed E-state index contributed by atoms with van der Waals surface area (Å²) in [4.78, 5) is 14.8. The fourth-order valence-corrected chi connectivity index (χ4v) is 8.09. The lowest BCUT2D eigenvalue weighted by Gasteiger charge is -2.53. The molecule has 12 heteroatoms. The highest BCUT2D eigenvalue weighted by molar-refractivity contribution is 7.94. The van der Waals surface area contributed by atoms with Crippen LogP contribution in [-0.2, 0) is 24.0 Å². The van der Waals surface area contributed by atoms with Gasteiger partial charge < -0.3 is 24.6 Å². The van der Waals surface area contributed by atoms with E-state index in [1.54, 1.807) is 46.7 Å². The molecule has 37 heavy (non-hydrogen) atoms. The number of aliphatic hydroxyl groups excluding tert-OH is 1. The Morgan fingerprint density at radius 3 is 2.32 bits per heavy atom. The number of carbonyl (C=O) groups is 1. The number of nitrogens with zero attached hydrogens (tertiary/aromatic N) is 2. The third kappa shape index (κ3) is 5.27. The maximum atomic E-state index is 14.1. The first-order valence-corrected chi connectivity index (χ1v) is 14.8. The molecule has 0 spiro atoms. The second-order valence-corrected chi connectivity index (χ2v) is 15.3. The van der Waals surface area contributed by atoms with Crippen LogP contribution in [0.1, 0.15) is 80.6 Å². The second kappa shape index (κ2) is 10.2. The predicted octanol–water partition coefficient (Wildman–Crippen LogP) is 1.96. The van der Waals surface area contributed by atoms with Crippen molar-refractivity contribution < 1.29 is 32.5 Å². The van der Waals surface area contributed by atoms with E-state index < -0.39 is 54.7 Å². The van der Waals surface area contributed by atoms with E-state index in [0.717, 1.165) is 0 Å². The van der Waals surface area contributed by atoms with Gasteiger partial charge in [0.2, 0.25) is 0 Å². The average Bonchev–Trinajstić information content (AvgIpc) is 3.50.